The number of carbonyl (C=O) groups excluding carboxylic acids is 3. The van der Waals surface area contributed by atoms with Gasteiger partial charge in [0, 0.05) is 25.0 Å². The van der Waals surface area contributed by atoms with E-state index in [0.717, 1.165) is 0 Å². The van der Waals surface area contributed by atoms with Gasteiger partial charge in [0.15, 0.2) is 0 Å². The lowest BCUT2D eigenvalue weighted by Crippen LogP contribution is -2.42. The maximum Gasteiger partial charge on any atom is 0.349 e. The van der Waals surface area contributed by atoms with E-state index in [-0.39, 0.29) is 11.1 Å². The van der Waals surface area contributed by atoms with Crippen molar-refractivity contribution >= 4 is 17.9 Å². The number of cyclic esters (lactones) is 3. The van der Waals surface area contributed by atoms with E-state index in [9.17, 15) is 19.5 Å². The van der Waals surface area contributed by atoms with E-state index in [1.54, 1.807) is 60.7 Å². The third kappa shape index (κ3) is 4.86. The Balaban J connectivity index is 1.44. The molecule has 1 fully saturated rings. The molecule has 2 aromatic rings. The van der Waals surface area contributed by atoms with Gasteiger partial charge < -0.3 is 24.1 Å². The van der Waals surface area contributed by atoms with Crippen LogP contribution in [-0.2, 0) is 44.9 Å². The van der Waals surface area contributed by atoms with Crippen molar-refractivity contribution in [2.24, 2.45) is 0 Å². The molecule has 1 saturated heterocycles. The molecule has 2 aliphatic heterocycles. The normalized spacial score (nSPS) is 24.7. The fourth-order valence-corrected chi connectivity index (χ4v) is 3.51. The molecule has 0 amide bonds. The van der Waals surface area contributed by atoms with E-state index in [2.05, 4.69) is 0 Å². The highest BCUT2D eigenvalue weighted by Gasteiger charge is 2.44. The first kappa shape index (κ1) is 23.6. The second-order valence-electron chi connectivity index (χ2n) is 7.94. The smallest absolute Gasteiger partial charge is 0.349 e. The number of aliphatic hydroxyl groups is 1. The molecule has 1 atom stereocenters. The van der Waals surface area contributed by atoms with E-state index in [1.807, 2.05) is 0 Å². The first-order valence-electron chi connectivity index (χ1n) is 10.7. The van der Waals surface area contributed by atoms with Gasteiger partial charge in [0.1, 0.15) is 11.1 Å². The average Bonchev–Trinajstić information content (AvgIpc) is 2.83. The summed E-state index contributed by atoms with van der Waals surface area (Å²) in [6, 6.07) is 17.4. The minimum absolute atomic E-state index is 0.189. The van der Waals surface area contributed by atoms with Gasteiger partial charge in [-0.3, -0.25) is 0 Å². The summed E-state index contributed by atoms with van der Waals surface area (Å²) in [7, 11) is 0. The summed E-state index contributed by atoms with van der Waals surface area (Å²) in [4.78, 5) is 37.3. The van der Waals surface area contributed by atoms with Crippen LogP contribution in [0.1, 0.15) is 25.0 Å². The fourth-order valence-electron chi connectivity index (χ4n) is 3.51. The summed E-state index contributed by atoms with van der Waals surface area (Å²) in [5, 5.41) is 10.3. The molecule has 1 N–H and O–H groups in total. The Morgan fingerprint density at radius 3 is 1.66 bits per heavy atom. The molecule has 0 saturated carbocycles. The Labute approximate surface area is 201 Å². The van der Waals surface area contributed by atoms with Crippen molar-refractivity contribution in [1.82, 2.24) is 0 Å². The molecule has 0 aromatic heterocycles. The standard InChI is InChI=1S/C27H22O8/c1-26(18-12-6-3-7-13-18)32-22(28)20(23(29)33-26)16-10-5-11-17-21-24(30)34-27(2,35-25(21)31)19-14-8-4-9-15-19/h3-17,28H,1-2H3/b11-5+,16-10+,21-17?. The van der Waals surface area contributed by atoms with Gasteiger partial charge in [-0.2, -0.15) is 0 Å². The molecule has 2 heterocycles. The van der Waals surface area contributed by atoms with Crippen molar-refractivity contribution in [3.05, 3.63) is 119 Å². The van der Waals surface area contributed by atoms with Crippen LogP contribution >= 0.6 is 0 Å². The summed E-state index contributed by atoms with van der Waals surface area (Å²) < 4.78 is 21.6. The summed E-state index contributed by atoms with van der Waals surface area (Å²) in [5.41, 5.74) is 0.608. The zero-order valence-corrected chi connectivity index (χ0v) is 19.0. The number of benzene rings is 2. The number of aliphatic hydroxyl groups excluding tert-OH is 1. The molecule has 0 bridgehead atoms. The van der Waals surface area contributed by atoms with Gasteiger partial charge >= 0.3 is 17.9 Å². The van der Waals surface area contributed by atoms with Crippen LogP contribution in [0.2, 0.25) is 0 Å². The number of esters is 3. The van der Waals surface area contributed by atoms with Crippen LogP contribution in [0.25, 0.3) is 0 Å². The van der Waals surface area contributed by atoms with Crippen LogP contribution in [0.15, 0.2) is 108 Å². The van der Waals surface area contributed by atoms with E-state index in [1.165, 1.54) is 44.2 Å². The number of rotatable bonds is 5. The second-order valence-corrected chi connectivity index (χ2v) is 7.94. The molecule has 35 heavy (non-hydrogen) atoms. The van der Waals surface area contributed by atoms with Gasteiger partial charge in [-0.15, -0.1) is 0 Å². The maximum atomic E-state index is 12.4. The molecule has 2 aliphatic rings. The molecule has 0 aliphatic carbocycles. The zero-order valence-electron chi connectivity index (χ0n) is 19.0. The van der Waals surface area contributed by atoms with Crippen molar-refractivity contribution in [1.29, 1.82) is 0 Å². The number of hydrogen-bond acceptors (Lipinski definition) is 8. The highest BCUT2D eigenvalue weighted by atomic mass is 16.8. The Kier molecular flexibility index (Phi) is 6.29. The first-order chi connectivity index (χ1) is 16.7. The first-order valence-corrected chi connectivity index (χ1v) is 10.7. The van der Waals surface area contributed by atoms with Crippen molar-refractivity contribution in [3.8, 4) is 0 Å². The van der Waals surface area contributed by atoms with Crippen LogP contribution in [0.4, 0.5) is 0 Å². The van der Waals surface area contributed by atoms with E-state index < -0.39 is 35.4 Å². The Bertz CT molecular complexity index is 1250. The maximum absolute atomic E-state index is 12.4. The molecular weight excluding hydrogens is 452 g/mol. The van der Waals surface area contributed by atoms with E-state index >= 15 is 0 Å². The Hall–Kier alpha value is -4.59. The van der Waals surface area contributed by atoms with Crippen molar-refractivity contribution < 1.29 is 38.4 Å². The fraction of sp³-hybridized carbons (Fsp3) is 0.148. The second kappa shape index (κ2) is 9.34. The molecule has 1 unspecified atom stereocenters. The van der Waals surface area contributed by atoms with Crippen LogP contribution in [0, 0.1) is 0 Å². The summed E-state index contributed by atoms with van der Waals surface area (Å²) in [5.74, 6) is -6.00. The highest BCUT2D eigenvalue weighted by molar-refractivity contribution is 6.15. The van der Waals surface area contributed by atoms with Gasteiger partial charge in [-0.05, 0) is 12.2 Å². The summed E-state index contributed by atoms with van der Waals surface area (Å²) in [6.07, 6.45) is 6.75. The molecule has 8 nitrogen and oxygen atoms in total. The topological polar surface area (TPSA) is 108 Å². The third-order valence-corrected chi connectivity index (χ3v) is 5.39. The molecule has 0 radical (unpaired) electrons. The largest absolute Gasteiger partial charge is 0.480 e. The van der Waals surface area contributed by atoms with Crippen molar-refractivity contribution in [2.75, 3.05) is 0 Å². The van der Waals surface area contributed by atoms with Gasteiger partial charge in [0.25, 0.3) is 17.5 Å². The number of allylic oxidation sites excluding steroid dienone is 4. The predicted octanol–water partition coefficient (Wildman–Crippen LogP) is 4.21. The predicted molar refractivity (Wildman–Crippen MR) is 123 cm³/mol. The van der Waals surface area contributed by atoms with E-state index in [0.29, 0.717) is 11.1 Å². The Morgan fingerprint density at radius 2 is 1.14 bits per heavy atom. The summed E-state index contributed by atoms with van der Waals surface area (Å²) in [6.45, 7) is 3.01. The third-order valence-electron chi connectivity index (χ3n) is 5.39. The quantitative estimate of drug-likeness (QED) is 0.297. The van der Waals surface area contributed by atoms with Crippen molar-refractivity contribution in [3.63, 3.8) is 0 Å². The van der Waals surface area contributed by atoms with Crippen LogP contribution in [0.3, 0.4) is 0 Å². The lowest BCUT2D eigenvalue weighted by Gasteiger charge is -2.33. The molecule has 4 rings (SSSR count). The van der Waals surface area contributed by atoms with Crippen molar-refractivity contribution in [2.45, 2.75) is 25.4 Å². The minimum Gasteiger partial charge on any atom is -0.480 e. The molecule has 0 spiro atoms. The van der Waals surface area contributed by atoms with Gasteiger partial charge in [0.2, 0.25) is 0 Å². The molecule has 8 heteroatoms. The monoisotopic (exact) mass is 474 g/mol. The molecule has 2 aromatic carbocycles. The SMILES string of the molecule is CC1(c2ccccc2)OC(=O)C(=C/C=C/C=C/C2=C(O)OC(C)(c3ccccc3)OC2=O)C(=O)O1. The van der Waals surface area contributed by atoms with E-state index in [4.69, 9.17) is 18.9 Å². The molecule has 178 valence electrons. The number of ether oxygens (including phenoxy) is 4. The van der Waals surface area contributed by atoms with Gasteiger partial charge in [0.05, 0.1) is 0 Å². The number of carbonyl (C=O) groups is 3. The minimum atomic E-state index is -1.52. The van der Waals surface area contributed by atoms with Crippen LogP contribution in [0.5, 0.6) is 0 Å². The lowest BCUT2D eigenvalue weighted by molar-refractivity contribution is -0.236. The average molecular weight is 474 g/mol. The van der Waals surface area contributed by atoms with Gasteiger partial charge in [-0.25, -0.2) is 14.4 Å². The zero-order chi connectivity index (χ0) is 25.1. The summed E-state index contributed by atoms with van der Waals surface area (Å²) >= 11 is 0. The molecular formula is C27H22O8. The Morgan fingerprint density at radius 1 is 0.657 bits per heavy atom. The number of hydrogen-bond donors (Lipinski definition) is 1. The lowest BCUT2D eigenvalue weighted by atomic mass is 10.1. The van der Waals surface area contributed by atoms with Gasteiger partial charge in [-0.1, -0.05) is 78.9 Å². The van der Waals surface area contributed by atoms with Crippen LogP contribution < -0.4 is 0 Å². The highest BCUT2D eigenvalue weighted by Crippen LogP contribution is 2.35. The van der Waals surface area contributed by atoms with Crippen LogP contribution in [-0.4, -0.2) is 23.0 Å².